The molecule has 1 spiro atoms. The van der Waals surface area contributed by atoms with Crippen LogP contribution in [0, 0.1) is 11.3 Å². The van der Waals surface area contributed by atoms with E-state index in [1.165, 1.54) is 44.9 Å². The monoisotopic (exact) mass is 476 g/mol. The van der Waals surface area contributed by atoms with E-state index in [1.54, 1.807) is 0 Å². The van der Waals surface area contributed by atoms with Crippen LogP contribution in [-0.2, 0) is 4.79 Å². The maximum atomic E-state index is 12.4. The van der Waals surface area contributed by atoms with Crippen LogP contribution in [0.1, 0.15) is 64.7 Å². The van der Waals surface area contributed by atoms with E-state index >= 15 is 0 Å². The molecule has 1 aliphatic carbocycles. The van der Waals surface area contributed by atoms with Crippen LogP contribution in [0.2, 0.25) is 0 Å². The van der Waals surface area contributed by atoms with E-state index < -0.39 is 0 Å². The molecule has 1 unspecified atom stereocenters. The molecule has 0 aromatic carbocycles. The number of carbonyl (C=O) groups is 1. The first-order chi connectivity index (χ1) is 12.1. The van der Waals surface area contributed by atoms with Crippen molar-refractivity contribution < 1.29 is 4.79 Å². The number of piperidine rings is 1. The third-order valence-corrected chi connectivity index (χ3v) is 6.50. The molecule has 3 rings (SSSR count). The summed E-state index contributed by atoms with van der Waals surface area (Å²) in [7, 11) is 1.86. The van der Waals surface area contributed by atoms with Crippen molar-refractivity contribution in [3.8, 4) is 0 Å². The molecule has 3 fully saturated rings. The number of rotatable bonds is 3. The van der Waals surface area contributed by atoms with Gasteiger partial charge in [0.05, 0.1) is 0 Å². The fourth-order valence-corrected chi connectivity index (χ4v) is 5.01. The van der Waals surface area contributed by atoms with Crippen LogP contribution in [-0.4, -0.2) is 61.4 Å². The molecule has 3 aliphatic rings. The highest BCUT2D eigenvalue weighted by Gasteiger charge is 2.39. The number of nitrogens with zero attached hydrogens (tertiary/aromatic N) is 3. The average molecular weight is 476 g/mol. The number of likely N-dealkylation sites (tertiary alicyclic amines) is 2. The highest BCUT2D eigenvalue weighted by atomic mass is 127. The van der Waals surface area contributed by atoms with Gasteiger partial charge in [-0.05, 0) is 43.4 Å². The Morgan fingerprint density at radius 3 is 2.58 bits per heavy atom. The van der Waals surface area contributed by atoms with Gasteiger partial charge in [0.15, 0.2) is 5.96 Å². The highest BCUT2D eigenvalue weighted by Crippen LogP contribution is 2.43. The van der Waals surface area contributed by atoms with Crippen LogP contribution < -0.4 is 5.32 Å². The van der Waals surface area contributed by atoms with Gasteiger partial charge in [-0.3, -0.25) is 9.79 Å². The van der Waals surface area contributed by atoms with Gasteiger partial charge in [-0.25, -0.2) is 0 Å². The summed E-state index contributed by atoms with van der Waals surface area (Å²) in [6.45, 7) is 7.06. The van der Waals surface area contributed by atoms with Crippen LogP contribution in [0.4, 0.5) is 0 Å². The fraction of sp³-hybridized carbons (Fsp3) is 0.900. The molecule has 6 heteroatoms. The van der Waals surface area contributed by atoms with Crippen molar-refractivity contribution in [2.45, 2.75) is 64.7 Å². The molecule has 2 heterocycles. The lowest BCUT2D eigenvalue weighted by Gasteiger charge is -2.33. The van der Waals surface area contributed by atoms with Gasteiger partial charge < -0.3 is 15.1 Å². The normalized spacial score (nSPS) is 25.9. The molecular formula is C20H37IN4O. The molecule has 0 bridgehead atoms. The SMILES string of the molecule is CN=C(NCCC(=O)N1CCCC(C)C1)N1CCC2(CCCCC2)C1.I. The molecule has 1 atom stereocenters. The molecule has 0 aromatic heterocycles. The first-order valence-corrected chi connectivity index (χ1v) is 10.4. The number of hydrogen-bond donors (Lipinski definition) is 1. The second-order valence-electron chi connectivity index (χ2n) is 8.54. The summed E-state index contributed by atoms with van der Waals surface area (Å²) in [5.41, 5.74) is 0.537. The Kier molecular flexibility index (Phi) is 8.48. The van der Waals surface area contributed by atoms with E-state index in [-0.39, 0.29) is 24.0 Å². The summed E-state index contributed by atoms with van der Waals surface area (Å²) in [5, 5.41) is 3.44. The van der Waals surface area contributed by atoms with Crippen molar-refractivity contribution in [1.29, 1.82) is 0 Å². The van der Waals surface area contributed by atoms with Gasteiger partial charge in [0.2, 0.25) is 5.91 Å². The zero-order valence-electron chi connectivity index (χ0n) is 16.6. The Hall–Kier alpha value is -0.530. The minimum absolute atomic E-state index is 0. The van der Waals surface area contributed by atoms with E-state index in [1.807, 2.05) is 11.9 Å². The highest BCUT2D eigenvalue weighted by molar-refractivity contribution is 14.0. The summed E-state index contributed by atoms with van der Waals surface area (Å²) in [6.07, 6.45) is 11.2. The molecule has 5 nitrogen and oxygen atoms in total. The van der Waals surface area contributed by atoms with E-state index in [9.17, 15) is 4.79 Å². The number of halogens is 1. The van der Waals surface area contributed by atoms with Crippen molar-refractivity contribution in [3.05, 3.63) is 0 Å². The topological polar surface area (TPSA) is 47.9 Å². The maximum absolute atomic E-state index is 12.4. The smallest absolute Gasteiger partial charge is 0.224 e. The maximum Gasteiger partial charge on any atom is 0.224 e. The molecule has 150 valence electrons. The summed E-state index contributed by atoms with van der Waals surface area (Å²) in [5.74, 6) is 1.93. The van der Waals surface area contributed by atoms with Crippen LogP contribution in [0.25, 0.3) is 0 Å². The lowest BCUT2D eigenvalue weighted by atomic mass is 9.73. The third kappa shape index (κ3) is 5.49. The van der Waals surface area contributed by atoms with Crippen molar-refractivity contribution in [2.75, 3.05) is 39.8 Å². The molecule has 1 saturated carbocycles. The van der Waals surface area contributed by atoms with Gasteiger partial charge in [0, 0.05) is 46.2 Å². The second-order valence-corrected chi connectivity index (χ2v) is 8.54. The van der Waals surface area contributed by atoms with Crippen molar-refractivity contribution in [3.63, 3.8) is 0 Å². The average Bonchev–Trinajstić information content (AvgIpc) is 3.02. The molecule has 2 saturated heterocycles. The molecule has 0 radical (unpaired) electrons. The van der Waals surface area contributed by atoms with E-state index in [4.69, 9.17) is 0 Å². The minimum atomic E-state index is 0. The van der Waals surface area contributed by atoms with Crippen LogP contribution in [0.15, 0.2) is 4.99 Å². The fourth-order valence-electron chi connectivity index (χ4n) is 5.01. The Bertz CT molecular complexity index is 490. The van der Waals surface area contributed by atoms with Crippen LogP contribution in [0.3, 0.4) is 0 Å². The Morgan fingerprint density at radius 1 is 1.12 bits per heavy atom. The van der Waals surface area contributed by atoms with E-state index in [2.05, 4.69) is 22.1 Å². The van der Waals surface area contributed by atoms with E-state index in [0.29, 0.717) is 30.2 Å². The predicted octanol–water partition coefficient (Wildman–Crippen LogP) is 3.48. The Morgan fingerprint density at radius 2 is 1.88 bits per heavy atom. The second kappa shape index (κ2) is 10.1. The number of carbonyl (C=O) groups excluding carboxylic acids is 1. The standard InChI is InChI=1S/C20H36N4O.HI/c1-17-7-6-13-23(15-17)18(25)8-12-22-19(21-2)24-14-11-20(16-24)9-4-3-5-10-20;/h17H,3-16H2,1-2H3,(H,21,22);1H. The predicted molar refractivity (Wildman–Crippen MR) is 118 cm³/mol. The van der Waals surface area contributed by atoms with Gasteiger partial charge in [0.1, 0.15) is 0 Å². The van der Waals surface area contributed by atoms with Gasteiger partial charge in [-0.15, -0.1) is 24.0 Å². The molecule has 26 heavy (non-hydrogen) atoms. The minimum Gasteiger partial charge on any atom is -0.356 e. The number of aliphatic imine (C=N–C) groups is 1. The molecule has 2 aliphatic heterocycles. The zero-order valence-corrected chi connectivity index (χ0v) is 19.0. The molecular weight excluding hydrogens is 439 g/mol. The van der Waals surface area contributed by atoms with Gasteiger partial charge >= 0.3 is 0 Å². The van der Waals surface area contributed by atoms with Crippen LogP contribution >= 0.6 is 24.0 Å². The number of amides is 1. The van der Waals surface area contributed by atoms with E-state index in [0.717, 1.165) is 38.6 Å². The van der Waals surface area contributed by atoms with Crippen molar-refractivity contribution in [2.24, 2.45) is 16.3 Å². The lowest BCUT2D eigenvalue weighted by molar-refractivity contribution is -0.132. The third-order valence-electron chi connectivity index (χ3n) is 6.50. The summed E-state index contributed by atoms with van der Waals surface area (Å²) in [4.78, 5) is 21.3. The van der Waals surface area contributed by atoms with Crippen molar-refractivity contribution >= 4 is 35.8 Å². The quantitative estimate of drug-likeness (QED) is 0.386. The van der Waals surface area contributed by atoms with Crippen LogP contribution in [0.5, 0.6) is 0 Å². The first-order valence-electron chi connectivity index (χ1n) is 10.4. The Labute approximate surface area is 176 Å². The number of hydrogen-bond acceptors (Lipinski definition) is 2. The van der Waals surface area contributed by atoms with Gasteiger partial charge in [0.25, 0.3) is 0 Å². The number of nitrogens with one attached hydrogen (secondary N) is 1. The van der Waals surface area contributed by atoms with Gasteiger partial charge in [-0.2, -0.15) is 0 Å². The zero-order chi connectivity index (χ0) is 17.7. The van der Waals surface area contributed by atoms with Gasteiger partial charge in [-0.1, -0.05) is 26.2 Å². The Balaban J connectivity index is 0.00000243. The lowest BCUT2D eigenvalue weighted by Crippen LogP contribution is -2.44. The van der Waals surface area contributed by atoms with Crippen molar-refractivity contribution in [1.82, 2.24) is 15.1 Å². The summed E-state index contributed by atoms with van der Waals surface area (Å²) >= 11 is 0. The molecule has 1 amide bonds. The largest absolute Gasteiger partial charge is 0.356 e. The molecule has 0 aromatic rings. The summed E-state index contributed by atoms with van der Waals surface area (Å²) in [6, 6.07) is 0. The number of guanidine groups is 1. The molecule has 1 N–H and O–H groups in total. The summed E-state index contributed by atoms with van der Waals surface area (Å²) < 4.78 is 0. The first kappa shape index (κ1) is 21.8.